The van der Waals surface area contributed by atoms with Gasteiger partial charge in [0.1, 0.15) is 0 Å². The highest BCUT2D eigenvalue weighted by atomic mass is 32.1. The summed E-state index contributed by atoms with van der Waals surface area (Å²) in [5, 5.41) is 3.66. The van der Waals surface area contributed by atoms with Crippen LogP contribution in [-0.2, 0) is 24.7 Å². The number of carbonyl (C=O) groups excluding carboxylic acids is 1. The number of rotatable bonds is 4. The maximum Gasteiger partial charge on any atom is 0.235 e. The predicted molar refractivity (Wildman–Crippen MR) is 104 cm³/mol. The molecule has 0 bridgehead atoms. The monoisotopic (exact) mass is 366 g/mol. The van der Waals surface area contributed by atoms with Crippen LogP contribution in [0.5, 0.6) is 0 Å². The summed E-state index contributed by atoms with van der Waals surface area (Å²) in [5.41, 5.74) is 4.61. The summed E-state index contributed by atoms with van der Waals surface area (Å²) >= 11 is 1.54. The third-order valence-corrected chi connectivity index (χ3v) is 5.84. The molecule has 1 amide bonds. The molecule has 0 radical (unpaired) electrons. The van der Waals surface area contributed by atoms with E-state index in [2.05, 4.69) is 46.5 Å². The van der Waals surface area contributed by atoms with Gasteiger partial charge in [0.25, 0.3) is 0 Å². The van der Waals surface area contributed by atoms with Crippen molar-refractivity contribution in [1.82, 2.24) is 14.5 Å². The SMILES string of the molecule is Cc1ccc(Cc2cnc(NC(=O)C3CCCc4c3ncn4C)s2)cc1. The van der Waals surface area contributed by atoms with Crippen LogP contribution in [0.2, 0.25) is 0 Å². The van der Waals surface area contributed by atoms with Crippen molar-refractivity contribution in [3.05, 3.63) is 64.2 Å². The minimum Gasteiger partial charge on any atom is -0.337 e. The molecular weight excluding hydrogens is 344 g/mol. The average molecular weight is 366 g/mol. The van der Waals surface area contributed by atoms with Gasteiger partial charge < -0.3 is 9.88 Å². The lowest BCUT2D eigenvalue weighted by Gasteiger charge is -2.20. The number of nitrogens with zero attached hydrogens (tertiary/aromatic N) is 3. The average Bonchev–Trinajstić information content (AvgIpc) is 3.24. The van der Waals surface area contributed by atoms with Crippen LogP contribution in [0.25, 0.3) is 0 Å². The molecule has 4 rings (SSSR count). The number of amides is 1. The topological polar surface area (TPSA) is 59.8 Å². The standard InChI is InChI=1S/C20H22N4OS/c1-13-6-8-14(9-7-13)10-15-11-21-20(26-15)23-19(25)16-4-3-5-17-18(16)22-12-24(17)2/h6-9,11-12,16H,3-5,10H2,1-2H3,(H,21,23,25). The number of aromatic nitrogens is 3. The number of aryl methyl sites for hydroxylation is 2. The molecule has 0 saturated carbocycles. The Kier molecular flexibility index (Phi) is 4.59. The number of imidazole rings is 1. The van der Waals surface area contributed by atoms with Crippen LogP contribution in [0.1, 0.15) is 46.2 Å². The van der Waals surface area contributed by atoms with Gasteiger partial charge in [-0.25, -0.2) is 9.97 Å². The Morgan fingerprint density at radius 2 is 2.12 bits per heavy atom. The lowest BCUT2D eigenvalue weighted by atomic mass is 9.89. The second kappa shape index (κ2) is 7.03. The highest BCUT2D eigenvalue weighted by Gasteiger charge is 2.30. The second-order valence-corrected chi connectivity index (χ2v) is 8.03. The van der Waals surface area contributed by atoms with E-state index in [1.807, 2.05) is 17.8 Å². The van der Waals surface area contributed by atoms with Crippen molar-refractivity contribution in [2.75, 3.05) is 5.32 Å². The van der Waals surface area contributed by atoms with Crippen LogP contribution < -0.4 is 5.32 Å². The minimum absolute atomic E-state index is 0.000820. The number of anilines is 1. The fraction of sp³-hybridized carbons (Fsp3) is 0.350. The molecule has 6 heteroatoms. The Morgan fingerprint density at radius 1 is 1.31 bits per heavy atom. The number of hydrogen-bond acceptors (Lipinski definition) is 4. The minimum atomic E-state index is -0.176. The zero-order chi connectivity index (χ0) is 18.1. The van der Waals surface area contributed by atoms with Crippen molar-refractivity contribution in [3.8, 4) is 0 Å². The number of thiazole rings is 1. The van der Waals surface area contributed by atoms with Crippen LogP contribution in [0.4, 0.5) is 5.13 Å². The van der Waals surface area contributed by atoms with Crippen molar-refractivity contribution >= 4 is 22.4 Å². The van der Waals surface area contributed by atoms with Gasteiger partial charge in [-0.05, 0) is 31.7 Å². The first kappa shape index (κ1) is 17.0. The van der Waals surface area contributed by atoms with Crippen molar-refractivity contribution in [2.45, 2.75) is 38.5 Å². The molecule has 1 unspecified atom stereocenters. The van der Waals surface area contributed by atoms with E-state index in [4.69, 9.17) is 0 Å². The Bertz CT molecular complexity index is 926. The Labute approximate surface area is 157 Å². The molecule has 2 heterocycles. The van der Waals surface area contributed by atoms with Gasteiger partial charge in [0.2, 0.25) is 5.91 Å². The quantitative estimate of drug-likeness (QED) is 0.763. The summed E-state index contributed by atoms with van der Waals surface area (Å²) in [7, 11) is 1.99. The first-order valence-electron chi connectivity index (χ1n) is 8.91. The summed E-state index contributed by atoms with van der Waals surface area (Å²) in [4.78, 5) is 22.7. The van der Waals surface area contributed by atoms with Gasteiger partial charge in [-0.15, -0.1) is 11.3 Å². The molecule has 1 aromatic carbocycles. The molecule has 0 saturated heterocycles. The van der Waals surface area contributed by atoms with Crippen molar-refractivity contribution in [3.63, 3.8) is 0 Å². The zero-order valence-electron chi connectivity index (χ0n) is 15.0. The first-order valence-corrected chi connectivity index (χ1v) is 9.73. The van der Waals surface area contributed by atoms with E-state index < -0.39 is 0 Å². The number of carbonyl (C=O) groups is 1. The fourth-order valence-electron chi connectivity index (χ4n) is 3.48. The van der Waals surface area contributed by atoms with E-state index in [1.54, 1.807) is 17.7 Å². The van der Waals surface area contributed by atoms with Crippen LogP contribution in [0.3, 0.4) is 0 Å². The maximum absolute atomic E-state index is 12.8. The summed E-state index contributed by atoms with van der Waals surface area (Å²) in [6.07, 6.45) is 7.35. The van der Waals surface area contributed by atoms with E-state index in [9.17, 15) is 4.79 Å². The van der Waals surface area contributed by atoms with Crippen LogP contribution in [-0.4, -0.2) is 20.4 Å². The van der Waals surface area contributed by atoms with Crippen molar-refractivity contribution in [2.24, 2.45) is 7.05 Å². The normalized spacial score (nSPS) is 16.3. The largest absolute Gasteiger partial charge is 0.337 e. The molecule has 5 nitrogen and oxygen atoms in total. The van der Waals surface area contributed by atoms with Gasteiger partial charge in [0, 0.05) is 30.2 Å². The van der Waals surface area contributed by atoms with E-state index in [0.717, 1.165) is 36.3 Å². The molecule has 26 heavy (non-hydrogen) atoms. The number of fused-ring (bicyclic) bond motifs is 1. The van der Waals surface area contributed by atoms with Gasteiger partial charge in [-0.1, -0.05) is 29.8 Å². The summed E-state index contributed by atoms with van der Waals surface area (Å²) < 4.78 is 2.03. The van der Waals surface area contributed by atoms with Gasteiger partial charge in [-0.2, -0.15) is 0 Å². The third kappa shape index (κ3) is 3.42. The molecule has 1 aliphatic rings. The lowest BCUT2D eigenvalue weighted by Crippen LogP contribution is -2.25. The van der Waals surface area contributed by atoms with Crippen LogP contribution in [0.15, 0.2) is 36.8 Å². The Hall–Kier alpha value is -2.47. The Balaban J connectivity index is 1.44. The smallest absolute Gasteiger partial charge is 0.235 e. The molecule has 2 aromatic heterocycles. The molecule has 0 aliphatic heterocycles. The van der Waals surface area contributed by atoms with Gasteiger partial charge in [0.15, 0.2) is 5.13 Å². The van der Waals surface area contributed by atoms with Crippen molar-refractivity contribution in [1.29, 1.82) is 0 Å². The molecule has 1 atom stereocenters. The predicted octanol–water partition coefficient (Wildman–Crippen LogP) is 3.83. The van der Waals surface area contributed by atoms with Crippen LogP contribution in [0, 0.1) is 6.92 Å². The Morgan fingerprint density at radius 3 is 2.92 bits per heavy atom. The van der Waals surface area contributed by atoms with Gasteiger partial charge in [0.05, 0.1) is 17.9 Å². The molecule has 134 valence electrons. The van der Waals surface area contributed by atoms with E-state index in [-0.39, 0.29) is 11.8 Å². The second-order valence-electron chi connectivity index (χ2n) is 6.92. The summed E-state index contributed by atoms with van der Waals surface area (Å²) in [6, 6.07) is 8.51. The highest BCUT2D eigenvalue weighted by molar-refractivity contribution is 7.15. The van der Waals surface area contributed by atoms with Gasteiger partial charge in [-0.3, -0.25) is 4.79 Å². The molecule has 3 aromatic rings. The third-order valence-electron chi connectivity index (χ3n) is 4.93. The van der Waals surface area contributed by atoms with E-state index in [0.29, 0.717) is 5.13 Å². The molecule has 0 fully saturated rings. The summed E-state index contributed by atoms with van der Waals surface area (Å²) in [6.45, 7) is 2.09. The fourth-order valence-corrected chi connectivity index (χ4v) is 4.33. The van der Waals surface area contributed by atoms with Gasteiger partial charge >= 0.3 is 0 Å². The molecule has 1 N–H and O–H groups in total. The van der Waals surface area contributed by atoms with E-state index in [1.165, 1.54) is 16.8 Å². The first-order chi connectivity index (χ1) is 12.6. The zero-order valence-corrected chi connectivity index (χ0v) is 15.8. The summed E-state index contributed by atoms with van der Waals surface area (Å²) in [5.74, 6) is -0.176. The van der Waals surface area contributed by atoms with Crippen molar-refractivity contribution < 1.29 is 4.79 Å². The van der Waals surface area contributed by atoms with E-state index >= 15 is 0 Å². The number of nitrogens with one attached hydrogen (secondary N) is 1. The highest BCUT2D eigenvalue weighted by Crippen LogP contribution is 2.32. The van der Waals surface area contributed by atoms with Crippen LogP contribution >= 0.6 is 11.3 Å². The lowest BCUT2D eigenvalue weighted by molar-refractivity contribution is -0.118. The molecular formula is C20H22N4OS. The molecule has 1 aliphatic carbocycles. The molecule has 0 spiro atoms. The maximum atomic E-state index is 12.8. The number of benzene rings is 1. The number of hydrogen-bond donors (Lipinski definition) is 1.